The molecule has 1 N–H and O–H groups in total. The van der Waals surface area contributed by atoms with E-state index in [-0.39, 0.29) is 10.6 Å². The SMILES string of the molecule is O=[N+]([O-])c1cc2c(cc1N1CC[C@H]3CNC[C@H]31)OCCO2. The van der Waals surface area contributed by atoms with Crippen molar-refractivity contribution in [3.05, 3.63) is 22.2 Å². The molecule has 0 amide bonds. The van der Waals surface area contributed by atoms with Crippen LogP contribution in [0.1, 0.15) is 6.42 Å². The van der Waals surface area contributed by atoms with Gasteiger partial charge in [-0.3, -0.25) is 10.1 Å². The highest BCUT2D eigenvalue weighted by Crippen LogP contribution is 2.44. The zero-order chi connectivity index (χ0) is 14.4. The molecule has 3 aliphatic heterocycles. The Bertz CT molecular complexity index is 592. The summed E-state index contributed by atoms with van der Waals surface area (Å²) in [5.74, 6) is 1.66. The van der Waals surface area contributed by atoms with Gasteiger partial charge in [0.15, 0.2) is 11.5 Å². The van der Waals surface area contributed by atoms with Crippen molar-refractivity contribution in [2.45, 2.75) is 12.5 Å². The number of nitro benzene ring substituents is 1. The van der Waals surface area contributed by atoms with Gasteiger partial charge in [0.1, 0.15) is 18.9 Å². The minimum atomic E-state index is -0.330. The van der Waals surface area contributed by atoms with Gasteiger partial charge in [0, 0.05) is 31.7 Å². The average molecular weight is 291 g/mol. The lowest BCUT2D eigenvalue weighted by molar-refractivity contribution is -0.384. The lowest BCUT2D eigenvalue weighted by Crippen LogP contribution is -2.34. The number of rotatable bonds is 2. The van der Waals surface area contributed by atoms with Gasteiger partial charge in [-0.15, -0.1) is 0 Å². The number of nitrogens with one attached hydrogen (secondary N) is 1. The first kappa shape index (κ1) is 12.7. The molecule has 7 heteroatoms. The Balaban J connectivity index is 1.77. The second-order valence-electron chi connectivity index (χ2n) is 5.71. The maximum Gasteiger partial charge on any atom is 0.296 e. The summed E-state index contributed by atoms with van der Waals surface area (Å²) in [6, 6.07) is 3.61. The fourth-order valence-electron chi connectivity index (χ4n) is 3.59. The molecule has 7 nitrogen and oxygen atoms in total. The molecule has 0 bridgehead atoms. The van der Waals surface area contributed by atoms with Gasteiger partial charge >= 0.3 is 0 Å². The molecule has 0 aromatic heterocycles. The number of ether oxygens (including phenoxy) is 2. The predicted octanol–water partition coefficient (Wildman–Crippen LogP) is 1.16. The molecule has 2 saturated heterocycles. The molecule has 1 aromatic carbocycles. The second kappa shape index (κ2) is 4.77. The molecule has 21 heavy (non-hydrogen) atoms. The van der Waals surface area contributed by atoms with Gasteiger partial charge in [0.05, 0.1) is 11.0 Å². The monoisotopic (exact) mass is 291 g/mol. The Morgan fingerprint density at radius 2 is 2.00 bits per heavy atom. The van der Waals surface area contributed by atoms with E-state index in [0.717, 1.165) is 26.1 Å². The average Bonchev–Trinajstić information content (AvgIpc) is 3.08. The van der Waals surface area contributed by atoms with Gasteiger partial charge in [-0.05, 0) is 12.3 Å². The van der Waals surface area contributed by atoms with E-state index >= 15 is 0 Å². The van der Waals surface area contributed by atoms with Crippen molar-refractivity contribution in [3.63, 3.8) is 0 Å². The molecule has 0 saturated carbocycles. The van der Waals surface area contributed by atoms with E-state index in [2.05, 4.69) is 10.2 Å². The smallest absolute Gasteiger partial charge is 0.296 e. The lowest BCUT2D eigenvalue weighted by atomic mass is 10.0. The van der Waals surface area contributed by atoms with Crippen LogP contribution in [0.3, 0.4) is 0 Å². The topological polar surface area (TPSA) is 76.9 Å². The number of anilines is 1. The first-order valence-electron chi connectivity index (χ1n) is 7.29. The van der Waals surface area contributed by atoms with Crippen molar-refractivity contribution in [1.82, 2.24) is 5.32 Å². The quantitative estimate of drug-likeness (QED) is 0.651. The number of hydrogen-bond acceptors (Lipinski definition) is 6. The van der Waals surface area contributed by atoms with Gasteiger partial charge in [-0.25, -0.2) is 0 Å². The fourth-order valence-corrected chi connectivity index (χ4v) is 3.59. The maximum absolute atomic E-state index is 11.4. The van der Waals surface area contributed by atoms with Crippen LogP contribution in [0.25, 0.3) is 0 Å². The van der Waals surface area contributed by atoms with Crippen molar-refractivity contribution in [2.75, 3.05) is 37.7 Å². The summed E-state index contributed by atoms with van der Waals surface area (Å²) in [6.45, 7) is 3.66. The highest BCUT2D eigenvalue weighted by molar-refractivity contribution is 5.71. The Kier molecular flexibility index (Phi) is 2.88. The van der Waals surface area contributed by atoms with E-state index in [1.54, 1.807) is 6.07 Å². The van der Waals surface area contributed by atoms with Crippen LogP contribution >= 0.6 is 0 Å². The highest BCUT2D eigenvalue weighted by Gasteiger charge is 2.40. The number of benzene rings is 1. The molecular formula is C14H17N3O4. The van der Waals surface area contributed by atoms with E-state index in [1.165, 1.54) is 6.07 Å². The predicted molar refractivity (Wildman–Crippen MR) is 76.2 cm³/mol. The normalized spacial score (nSPS) is 26.8. The van der Waals surface area contributed by atoms with Gasteiger partial charge in [0.25, 0.3) is 5.69 Å². The molecule has 2 fully saturated rings. The van der Waals surface area contributed by atoms with Gasteiger partial charge in [-0.1, -0.05) is 0 Å². The van der Waals surface area contributed by atoms with Crippen molar-refractivity contribution in [1.29, 1.82) is 0 Å². The zero-order valence-corrected chi connectivity index (χ0v) is 11.6. The first-order chi connectivity index (χ1) is 10.2. The number of hydrogen-bond donors (Lipinski definition) is 1. The van der Waals surface area contributed by atoms with Crippen LogP contribution in [0.2, 0.25) is 0 Å². The van der Waals surface area contributed by atoms with Crippen LogP contribution in [0.4, 0.5) is 11.4 Å². The molecule has 3 aliphatic rings. The summed E-state index contributed by atoms with van der Waals surface area (Å²) < 4.78 is 11.0. The third-order valence-electron chi connectivity index (χ3n) is 4.59. The third kappa shape index (κ3) is 1.99. The number of fused-ring (bicyclic) bond motifs is 2. The summed E-state index contributed by atoms with van der Waals surface area (Å²) in [5, 5.41) is 14.8. The van der Waals surface area contributed by atoms with Crippen molar-refractivity contribution < 1.29 is 14.4 Å². The Labute approximate surface area is 122 Å². The van der Waals surface area contributed by atoms with E-state index < -0.39 is 0 Å². The molecule has 2 atom stereocenters. The van der Waals surface area contributed by atoms with Crippen LogP contribution < -0.4 is 19.7 Å². The summed E-state index contributed by atoms with van der Waals surface area (Å²) in [6.07, 6.45) is 1.07. The van der Waals surface area contributed by atoms with E-state index in [4.69, 9.17) is 9.47 Å². The van der Waals surface area contributed by atoms with Crippen molar-refractivity contribution in [3.8, 4) is 11.5 Å². The van der Waals surface area contributed by atoms with E-state index in [0.29, 0.717) is 42.4 Å². The fraction of sp³-hybridized carbons (Fsp3) is 0.571. The molecule has 0 aliphatic carbocycles. The van der Waals surface area contributed by atoms with Gasteiger partial charge in [0.2, 0.25) is 0 Å². The lowest BCUT2D eigenvalue weighted by Gasteiger charge is -2.27. The number of nitro groups is 1. The van der Waals surface area contributed by atoms with E-state index in [1.807, 2.05) is 0 Å². The van der Waals surface area contributed by atoms with Gasteiger partial charge < -0.3 is 19.7 Å². The minimum absolute atomic E-state index is 0.104. The van der Waals surface area contributed by atoms with Crippen LogP contribution in [0.5, 0.6) is 11.5 Å². The minimum Gasteiger partial charge on any atom is -0.486 e. The van der Waals surface area contributed by atoms with Gasteiger partial charge in [-0.2, -0.15) is 0 Å². The molecule has 0 spiro atoms. The standard InChI is InChI=1S/C14H17N3O4/c18-17(19)11-6-14-13(20-3-4-21-14)5-10(11)16-2-1-9-7-15-8-12(9)16/h5-6,9,12,15H,1-4,7-8H2/t9-,12+/m0/s1. The molecule has 112 valence electrons. The van der Waals surface area contributed by atoms with Crippen molar-refractivity contribution in [2.24, 2.45) is 5.92 Å². The Morgan fingerprint density at radius 3 is 2.76 bits per heavy atom. The summed E-state index contributed by atoms with van der Waals surface area (Å²) in [7, 11) is 0. The van der Waals surface area contributed by atoms with Crippen LogP contribution in [-0.4, -0.2) is 43.8 Å². The molecular weight excluding hydrogens is 274 g/mol. The van der Waals surface area contributed by atoms with Crippen LogP contribution in [0, 0.1) is 16.0 Å². The Morgan fingerprint density at radius 1 is 1.24 bits per heavy atom. The highest BCUT2D eigenvalue weighted by atomic mass is 16.6. The summed E-state index contributed by atoms with van der Waals surface area (Å²) in [4.78, 5) is 13.2. The number of nitrogens with zero attached hydrogens (tertiary/aromatic N) is 2. The molecule has 3 heterocycles. The largest absolute Gasteiger partial charge is 0.486 e. The second-order valence-corrected chi connectivity index (χ2v) is 5.71. The van der Waals surface area contributed by atoms with Crippen LogP contribution in [-0.2, 0) is 0 Å². The van der Waals surface area contributed by atoms with Crippen LogP contribution in [0.15, 0.2) is 12.1 Å². The maximum atomic E-state index is 11.4. The van der Waals surface area contributed by atoms with Crippen molar-refractivity contribution >= 4 is 11.4 Å². The Hall–Kier alpha value is -2.02. The molecule has 0 unspecified atom stereocenters. The first-order valence-corrected chi connectivity index (χ1v) is 7.29. The third-order valence-corrected chi connectivity index (χ3v) is 4.59. The molecule has 1 aromatic rings. The molecule has 0 radical (unpaired) electrons. The molecule has 4 rings (SSSR count). The summed E-state index contributed by atoms with van der Waals surface area (Å²) >= 11 is 0. The zero-order valence-electron chi connectivity index (χ0n) is 11.6. The van der Waals surface area contributed by atoms with E-state index in [9.17, 15) is 10.1 Å². The summed E-state index contributed by atoms with van der Waals surface area (Å²) in [5.41, 5.74) is 0.757.